The van der Waals surface area contributed by atoms with Crippen LogP contribution in [0.25, 0.3) is 10.8 Å². The van der Waals surface area contributed by atoms with E-state index in [-0.39, 0.29) is 6.10 Å². The molecule has 0 saturated carbocycles. The smallest absolute Gasteiger partial charge is 0.225 e. The number of rotatable bonds is 7. The summed E-state index contributed by atoms with van der Waals surface area (Å²) < 4.78 is 6.29. The van der Waals surface area contributed by atoms with Crippen LogP contribution in [0.3, 0.4) is 0 Å². The molecule has 0 spiro atoms. The van der Waals surface area contributed by atoms with Crippen molar-refractivity contribution in [2.75, 3.05) is 0 Å². The molecule has 0 aliphatic rings. The minimum absolute atomic E-state index is 0.138. The van der Waals surface area contributed by atoms with Crippen molar-refractivity contribution in [2.24, 2.45) is 0 Å². The van der Waals surface area contributed by atoms with Crippen molar-refractivity contribution in [1.82, 2.24) is 0 Å². The van der Waals surface area contributed by atoms with Gasteiger partial charge in [0.05, 0.1) is 6.10 Å². The maximum atomic E-state index is 6.29. The lowest BCUT2D eigenvalue weighted by Crippen LogP contribution is -2.17. The van der Waals surface area contributed by atoms with Gasteiger partial charge in [0.1, 0.15) is 0 Å². The van der Waals surface area contributed by atoms with Gasteiger partial charge in [-0.3, -0.25) is 0 Å². The summed E-state index contributed by atoms with van der Waals surface area (Å²) in [4.78, 5) is 0. The highest BCUT2D eigenvalue weighted by molar-refractivity contribution is 6.62. The van der Waals surface area contributed by atoms with Crippen LogP contribution in [0.15, 0.2) is 67.0 Å². The quantitative estimate of drug-likeness (QED) is 0.658. The Morgan fingerprint density at radius 1 is 1.10 bits per heavy atom. The summed E-state index contributed by atoms with van der Waals surface area (Å²) in [5.41, 5.74) is 5.15. The van der Waals surface area contributed by atoms with E-state index < -0.39 is 9.04 Å². The molecule has 1 atom stereocenters. The fourth-order valence-electron chi connectivity index (χ4n) is 2.49. The monoisotopic (exact) mass is 282 g/mol. The highest BCUT2D eigenvalue weighted by Crippen LogP contribution is 2.30. The second-order valence-electron chi connectivity index (χ2n) is 4.92. The van der Waals surface area contributed by atoms with E-state index in [1.165, 1.54) is 16.3 Å². The first-order valence-corrected chi connectivity index (χ1v) is 8.98. The molecule has 0 radical (unpaired) electrons. The second-order valence-corrected chi connectivity index (χ2v) is 7.06. The van der Waals surface area contributed by atoms with Gasteiger partial charge >= 0.3 is 0 Å². The van der Waals surface area contributed by atoms with Crippen LogP contribution in [0, 0.1) is 0 Å². The van der Waals surface area contributed by atoms with Gasteiger partial charge in [-0.2, -0.15) is 0 Å². The highest BCUT2D eigenvalue weighted by atomic mass is 28.3. The first-order valence-electron chi connectivity index (χ1n) is 7.18. The normalized spacial score (nSPS) is 12.5. The zero-order valence-corrected chi connectivity index (χ0v) is 13.2. The molecule has 2 heteroatoms. The fraction of sp³-hybridized carbons (Fsp3) is 0.222. The largest absolute Gasteiger partial charge is 0.405 e. The van der Waals surface area contributed by atoms with Crippen molar-refractivity contribution >= 4 is 19.8 Å². The molecule has 20 heavy (non-hydrogen) atoms. The number of hydrogen-bond donors (Lipinski definition) is 0. The maximum Gasteiger partial charge on any atom is 0.225 e. The molecule has 104 valence electrons. The first-order chi connectivity index (χ1) is 9.80. The minimum Gasteiger partial charge on any atom is -0.405 e. The predicted molar refractivity (Wildman–Crippen MR) is 90.2 cm³/mol. The van der Waals surface area contributed by atoms with Crippen LogP contribution in [0.2, 0.25) is 0 Å². The molecule has 0 saturated heterocycles. The Morgan fingerprint density at radius 2 is 1.80 bits per heavy atom. The lowest BCUT2D eigenvalue weighted by Gasteiger charge is -2.22. The Morgan fingerprint density at radius 3 is 2.50 bits per heavy atom. The fourth-order valence-corrected chi connectivity index (χ4v) is 3.56. The van der Waals surface area contributed by atoms with Gasteiger partial charge in [0.15, 0.2) is 0 Å². The number of fused-ring (bicyclic) bond motifs is 1. The molecule has 0 heterocycles. The van der Waals surface area contributed by atoms with E-state index in [1.807, 2.05) is 11.4 Å². The molecular formula is C18H22OSi. The van der Waals surface area contributed by atoms with Crippen molar-refractivity contribution in [3.05, 3.63) is 72.6 Å². The van der Waals surface area contributed by atoms with Crippen molar-refractivity contribution in [3.8, 4) is 0 Å². The van der Waals surface area contributed by atoms with Crippen LogP contribution in [-0.2, 0) is 4.43 Å². The molecule has 0 aliphatic heterocycles. The van der Waals surface area contributed by atoms with Gasteiger partial charge in [-0.1, -0.05) is 67.2 Å². The Balaban J connectivity index is 2.40. The average Bonchev–Trinajstić information content (AvgIpc) is 2.51. The van der Waals surface area contributed by atoms with Crippen LogP contribution in [-0.4, -0.2) is 9.04 Å². The Labute approximate surface area is 123 Å². The molecule has 0 bridgehead atoms. The molecule has 2 aromatic carbocycles. The molecule has 2 rings (SSSR count). The number of hydrogen-bond acceptors (Lipinski definition) is 1. The molecule has 0 N–H and O–H groups in total. The van der Waals surface area contributed by atoms with Crippen molar-refractivity contribution < 1.29 is 4.43 Å². The molecule has 0 aliphatic carbocycles. The average molecular weight is 282 g/mol. The topological polar surface area (TPSA) is 9.23 Å². The third-order valence-electron chi connectivity index (χ3n) is 3.51. The molecule has 0 aromatic heterocycles. The van der Waals surface area contributed by atoms with Crippen LogP contribution in [0.1, 0.15) is 31.4 Å². The molecule has 0 fully saturated rings. The van der Waals surface area contributed by atoms with Crippen molar-refractivity contribution in [2.45, 2.75) is 25.9 Å². The molecule has 1 nitrogen and oxygen atoms in total. The van der Waals surface area contributed by atoms with E-state index in [2.05, 4.69) is 62.5 Å². The van der Waals surface area contributed by atoms with E-state index in [0.717, 1.165) is 12.8 Å². The van der Waals surface area contributed by atoms with Crippen LogP contribution < -0.4 is 0 Å². The van der Waals surface area contributed by atoms with Crippen LogP contribution in [0.5, 0.6) is 0 Å². The maximum absolute atomic E-state index is 6.29. The SMILES string of the molecule is C=C[SiH](C=C)OC(CCC)c1cccc2ccccc12. The Bertz CT molecular complexity index is 577. The lowest BCUT2D eigenvalue weighted by molar-refractivity contribution is 0.202. The van der Waals surface area contributed by atoms with Gasteiger partial charge < -0.3 is 4.43 Å². The van der Waals surface area contributed by atoms with Gasteiger partial charge in [0, 0.05) is 0 Å². The van der Waals surface area contributed by atoms with Gasteiger partial charge in [0.2, 0.25) is 9.04 Å². The summed E-state index contributed by atoms with van der Waals surface area (Å²) in [6, 6.07) is 14.9. The zero-order chi connectivity index (χ0) is 14.4. The van der Waals surface area contributed by atoms with Crippen molar-refractivity contribution in [1.29, 1.82) is 0 Å². The van der Waals surface area contributed by atoms with Crippen LogP contribution in [0.4, 0.5) is 0 Å². The van der Waals surface area contributed by atoms with Gasteiger partial charge in [0.25, 0.3) is 0 Å². The van der Waals surface area contributed by atoms with Gasteiger partial charge in [-0.05, 0) is 22.8 Å². The molecule has 0 amide bonds. The summed E-state index contributed by atoms with van der Waals surface area (Å²) in [6.07, 6.45) is 2.27. The standard InChI is InChI=1S/C18H22OSi/c1-4-10-18(19-20(5-2)6-3)17-14-9-12-15-11-7-8-13-16(15)17/h5-9,11-14,18,20H,2-4,10H2,1H3. The van der Waals surface area contributed by atoms with Gasteiger partial charge in [-0.15, -0.1) is 13.2 Å². The lowest BCUT2D eigenvalue weighted by atomic mass is 9.98. The van der Waals surface area contributed by atoms with Crippen LogP contribution >= 0.6 is 0 Å². The molecule has 1 unspecified atom stereocenters. The van der Waals surface area contributed by atoms with E-state index in [1.54, 1.807) is 0 Å². The van der Waals surface area contributed by atoms with E-state index in [0.29, 0.717) is 0 Å². The summed E-state index contributed by atoms with van der Waals surface area (Å²) in [5, 5.41) is 2.56. The molecular weight excluding hydrogens is 260 g/mol. The third kappa shape index (κ3) is 3.27. The first kappa shape index (κ1) is 14.8. The van der Waals surface area contributed by atoms with E-state index >= 15 is 0 Å². The third-order valence-corrected chi connectivity index (χ3v) is 5.08. The summed E-state index contributed by atoms with van der Waals surface area (Å²) in [7, 11) is -1.50. The molecule has 2 aromatic rings. The second kappa shape index (κ2) is 7.22. The van der Waals surface area contributed by atoms with E-state index in [9.17, 15) is 0 Å². The highest BCUT2D eigenvalue weighted by Gasteiger charge is 2.17. The minimum atomic E-state index is -1.50. The Kier molecular flexibility index (Phi) is 5.33. The zero-order valence-electron chi connectivity index (χ0n) is 12.1. The summed E-state index contributed by atoms with van der Waals surface area (Å²) >= 11 is 0. The summed E-state index contributed by atoms with van der Waals surface area (Å²) in [6.45, 7) is 9.93. The van der Waals surface area contributed by atoms with Crippen molar-refractivity contribution in [3.63, 3.8) is 0 Å². The van der Waals surface area contributed by atoms with E-state index in [4.69, 9.17) is 4.43 Å². The Hall–Kier alpha value is -1.64. The predicted octanol–water partition coefficient (Wildman–Crippen LogP) is 4.87. The van der Waals surface area contributed by atoms with Gasteiger partial charge in [-0.25, -0.2) is 0 Å². The summed E-state index contributed by atoms with van der Waals surface area (Å²) in [5.74, 6) is 0. The number of benzene rings is 2.